The Bertz CT molecular complexity index is 335. The molecule has 1 rings (SSSR count). The molecular formula is C11H19NO3SWY-2. The van der Waals surface area contributed by atoms with Gasteiger partial charge in [-0.3, -0.25) is 6.26 Å². The van der Waals surface area contributed by atoms with Gasteiger partial charge in [0.15, 0.2) is 0 Å². The number of unbranched alkanes of at least 4 members (excludes halogenated alkanes) is 1. The van der Waals surface area contributed by atoms with E-state index in [2.05, 4.69) is 19.0 Å². The number of carbonyl (C=O) groups is 1. The van der Waals surface area contributed by atoms with Gasteiger partial charge in [0.1, 0.15) is 0 Å². The van der Waals surface area contributed by atoms with Crippen molar-refractivity contribution in [1.82, 2.24) is 4.90 Å². The van der Waals surface area contributed by atoms with Gasteiger partial charge in [0.2, 0.25) is 0 Å². The summed E-state index contributed by atoms with van der Waals surface area (Å²) in [5.41, 5.74) is 0. The molecule has 0 aromatic carbocycles. The Morgan fingerprint density at radius 1 is 1.61 bits per heavy atom. The van der Waals surface area contributed by atoms with Crippen LogP contribution in [0.25, 0.3) is 0 Å². The smallest absolute Gasteiger partial charge is 0.478 e. The molecule has 0 aromatic heterocycles. The van der Waals surface area contributed by atoms with E-state index in [0.717, 1.165) is 0 Å². The molecule has 0 aliphatic carbocycles. The maximum absolute atomic E-state index is 11.1. The molecule has 0 bridgehead atoms. The van der Waals surface area contributed by atoms with Crippen LogP contribution in [0.3, 0.4) is 0 Å². The fourth-order valence-corrected chi connectivity index (χ4v) is 1.87. The third-order valence-corrected chi connectivity index (χ3v) is 2.97. The number of rotatable bonds is 5. The molecule has 1 aliphatic heterocycles. The molecule has 0 N–H and O–H groups in total. The van der Waals surface area contributed by atoms with Gasteiger partial charge in [-0.1, -0.05) is 12.4 Å². The minimum Gasteiger partial charge on any atom is -0.478 e. The van der Waals surface area contributed by atoms with Gasteiger partial charge in [-0.25, -0.2) is 4.79 Å². The van der Waals surface area contributed by atoms with Crippen LogP contribution < -0.4 is 0 Å². The van der Waals surface area contributed by atoms with Gasteiger partial charge in [-0.05, 0) is 11.9 Å². The molecule has 1 radical (unpaired) electrons. The third kappa shape index (κ3) is 9.94. The summed E-state index contributed by atoms with van der Waals surface area (Å²) in [6.07, 6.45) is 5.35. The predicted molar refractivity (Wildman–Crippen MR) is 68.0 cm³/mol. The van der Waals surface area contributed by atoms with Crippen molar-refractivity contribution in [3.05, 3.63) is 27.0 Å². The van der Waals surface area contributed by atoms with E-state index in [1.165, 1.54) is 0 Å². The average Bonchev–Trinajstić information content (AvgIpc) is 2.37. The third-order valence-electron chi connectivity index (χ3n) is 1.99. The maximum Gasteiger partial charge on any atom is 2.00 e. The van der Waals surface area contributed by atoms with Gasteiger partial charge in [0.25, 0.3) is 0 Å². The van der Waals surface area contributed by atoms with Crippen molar-refractivity contribution in [3.8, 4) is 0 Å². The number of ether oxygens (including phenoxy) is 1. The summed E-state index contributed by atoms with van der Waals surface area (Å²) >= 11 is 0. The summed E-state index contributed by atoms with van der Waals surface area (Å²) < 4.78 is 16.0. The second kappa shape index (κ2) is 10.8. The van der Waals surface area contributed by atoms with E-state index in [1.807, 2.05) is 6.42 Å². The second-order valence-electron chi connectivity index (χ2n) is 3.66. The summed E-state index contributed by atoms with van der Waals surface area (Å²) in [6, 6.07) is 0. The quantitative estimate of drug-likeness (QED) is 0.313. The molecule has 0 aromatic rings. The number of hydrogen-bond acceptors (Lipinski definition) is 3. The van der Waals surface area contributed by atoms with Crippen molar-refractivity contribution in [3.63, 3.8) is 0 Å². The molecule has 1 amide bonds. The minimum atomic E-state index is -2.17. The molecule has 1 fully saturated rings. The predicted octanol–water partition coefficient (Wildman–Crippen LogP) is 1.19. The largest absolute Gasteiger partial charge is 2.00 e. The van der Waals surface area contributed by atoms with Crippen LogP contribution in [0.2, 0.25) is 0 Å². The number of carbonyl (C=O) groups excluding carboxylic acids is 1. The van der Waals surface area contributed by atoms with Crippen LogP contribution >= 0.6 is 0 Å². The van der Waals surface area contributed by atoms with E-state index in [1.54, 1.807) is 4.90 Å². The number of nitrogens with zero attached hydrogens (tertiary/aromatic N) is 1. The molecule has 0 saturated carbocycles. The zero-order valence-electron chi connectivity index (χ0n) is 10.7. The topological polar surface area (TPSA) is 46.6 Å². The SMILES string of the molecule is C=S([CH2-])(=O)CC[CH-]CN1C[C@H]([CH2-])OC1=O.[CH3-].[W+2].[Y]. The first-order chi connectivity index (χ1) is 6.88. The van der Waals surface area contributed by atoms with Crippen molar-refractivity contribution in [2.75, 3.05) is 18.8 Å². The summed E-state index contributed by atoms with van der Waals surface area (Å²) in [5, 5.41) is 0. The first kappa shape index (κ1) is 24.1. The summed E-state index contributed by atoms with van der Waals surface area (Å²) in [5.74, 6) is 3.90. The van der Waals surface area contributed by atoms with Gasteiger partial charge < -0.3 is 34.6 Å². The van der Waals surface area contributed by atoms with Crippen LogP contribution in [-0.2, 0) is 68.0 Å². The Kier molecular flexibility index (Phi) is 14.5. The zero-order chi connectivity index (χ0) is 11.5. The second-order valence-corrected chi connectivity index (χ2v) is 6.00. The molecule has 18 heavy (non-hydrogen) atoms. The summed E-state index contributed by atoms with van der Waals surface area (Å²) in [4.78, 5) is 12.7. The molecular weight excluding hydrogens is 499 g/mol. The molecule has 2 atom stereocenters. The molecule has 1 aliphatic rings. The Morgan fingerprint density at radius 2 is 2.17 bits per heavy atom. The van der Waals surface area contributed by atoms with Crippen molar-refractivity contribution < 1.29 is 67.5 Å². The van der Waals surface area contributed by atoms with Crippen molar-refractivity contribution in [1.29, 1.82) is 0 Å². The van der Waals surface area contributed by atoms with Crippen molar-refractivity contribution in [2.24, 2.45) is 0 Å². The molecule has 1 saturated heterocycles. The fraction of sp³-hybridized carbons (Fsp3) is 0.455. The Morgan fingerprint density at radius 3 is 2.56 bits per heavy atom. The van der Waals surface area contributed by atoms with Crippen LogP contribution in [0.4, 0.5) is 4.79 Å². The van der Waals surface area contributed by atoms with Gasteiger partial charge in [0.05, 0.1) is 0 Å². The molecule has 1 unspecified atom stereocenters. The number of hydrogen-bond donors (Lipinski definition) is 0. The zero-order valence-corrected chi connectivity index (χ0v) is 17.3. The maximum atomic E-state index is 11.1. The minimum absolute atomic E-state index is 0. The van der Waals surface area contributed by atoms with E-state index in [9.17, 15) is 9.00 Å². The molecule has 1 heterocycles. The summed E-state index contributed by atoms with van der Waals surface area (Å²) in [6.45, 7) is 4.65. The van der Waals surface area contributed by atoms with Crippen molar-refractivity contribution in [2.45, 2.75) is 12.5 Å². The van der Waals surface area contributed by atoms with Crippen molar-refractivity contribution >= 4 is 21.5 Å². The van der Waals surface area contributed by atoms with Gasteiger partial charge in [-0.15, -0.1) is 0 Å². The van der Waals surface area contributed by atoms with Crippen LogP contribution in [0.15, 0.2) is 0 Å². The first-order valence-corrected chi connectivity index (χ1v) is 6.73. The van der Waals surface area contributed by atoms with Crippen LogP contribution in [0.5, 0.6) is 0 Å². The van der Waals surface area contributed by atoms with E-state index in [-0.39, 0.29) is 73.4 Å². The van der Waals surface area contributed by atoms with Gasteiger partial charge >= 0.3 is 27.2 Å². The Balaban J connectivity index is -0.000000750. The van der Waals surface area contributed by atoms with Gasteiger partial charge in [-0.2, -0.15) is 15.9 Å². The molecule has 0 spiro atoms. The molecule has 4 nitrogen and oxygen atoms in total. The van der Waals surface area contributed by atoms with Crippen LogP contribution in [0.1, 0.15) is 6.42 Å². The van der Waals surface area contributed by atoms with Crippen LogP contribution in [0, 0.1) is 27.0 Å². The van der Waals surface area contributed by atoms with Gasteiger partial charge in [0, 0.05) is 39.3 Å². The fourth-order valence-electron chi connectivity index (χ4n) is 1.27. The number of amides is 1. The first-order valence-electron chi connectivity index (χ1n) is 4.67. The van der Waals surface area contributed by atoms with E-state index in [4.69, 9.17) is 4.74 Å². The molecule has 7 heteroatoms. The number of cyclic esters (lactones) is 1. The monoisotopic (exact) mass is 518 g/mol. The van der Waals surface area contributed by atoms with Crippen LogP contribution in [-0.4, -0.2) is 46.0 Å². The van der Waals surface area contributed by atoms with E-state index < -0.39 is 9.52 Å². The molecule has 103 valence electrons. The van der Waals surface area contributed by atoms with E-state index >= 15 is 0 Å². The Labute approximate surface area is 151 Å². The normalized spacial score (nSPS) is 20.9. The Hall–Kier alpha value is 1.08. The average molecular weight is 518 g/mol. The standard InChI is InChI=1S/C10H16NO3S.CH3.W.Y/c1-9-8-11(10(12)14-9)6-4-5-7-15(2,3)13;;;/h4,9H,1-3,5-8H2;1H3;;/q-3;-1;+2;/t9-;;;/m0.../s1. The summed E-state index contributed by atoms with van der Waals surface area (Å²) in [7, 11) is -2.17. The van der Waals surface area contributed by atoms with E-state index in [0.29, 0.717) is 25.3 Å².